The van der Waals surface area contributed by atoms with Crippen LogP contribution in [0.1, 0.15) is 42.9 Å². The maximum Gasteiger partial charge on any atom is 0.343 e. The summed E-state index contributed by atoms with van der Waals surface area (Å²) >= 11 is 0. The van der Waals surface area contributed by atoms with Crippen LogP contribution in [0.5, 0.6) is 5.75 Å². The molecule has 39 heavy (non-hydrogen) atoms. The molecule has 4 N–H and O–H groups in total. The number of esters is 1. The van der Waals surface area contributed by atoms with Gasteiger partial charge >= 0.3 is 5.97 Å². The normalized spacial score (nSPS) is 25.0. The monoisotopic (exact) mass is 529 g/mol. The van der Waals surface area contributed by atoms with E-state index >= 15 is 0 Å². The minimum atomic E-state index is -1.63. The zero-order chi connectivity index (χ0) is 27.3. The predicted octanol–water partition coefficient (Wildman–Crippen LogP) is 2.39. The van der Waals surface area contributed by atoms with Crippen molar-refractivity contribution in [3.8, 4) is 11.8 Å². The third kappa shape index (κ3) is 4.24. The molecule has 1 aromatic rings. The molecule has 5 aliphatic heterocycles. The average Bonchev–Trinajstić information content (AvgIpc) is 3.27. The molecular weight excluding hydrogens is 494 g/mol. The van der Waals surface area contributed by atoms with Crippen molar-refractivity contribution in [2.24, 2.45) is 0 Å². The molecule has 1 aromatic carbocycles. The summed E-state index contributed by atoms with van der Waals surface area (Å²) in [6.07, 6.45) is 8.55. The van der Waals surface area contributed by atoms with Gasteiger partial charge in [-0.15, -0.1) is 0 Å². The lowest BCUT2D eigenvalue weighted by Crippen LogP contribution is -2.48. The molecule has 0 amide bonds. The first-order valence-corrected chi connectivity index (χ1v) is 13.8. The highest BCUT2D eigenvalue weighted by Gasteiger charge is 2.47. The number of nitrogens with one attached hydrogen (secondary N) is 2. The number of allylic oxidation sites excluding steroid dienone is 1. The largest absolute Gasteiger partial charge is 0.506 e. The van der Waals surface area contributed by atoms with Crippen molar-refractivity contribution in [1.82, 2.24) is 15.1 Å². The quantitative estimate of drug-likeness (QED) is 0.344. The lowest BCUT2D eigenvalue weighted by atomic mass is 9.82. The Balaban J connectivity index is 1.39. The molecule has 0 bridgehead atoms. The van der Waals surface area contributed by atoms with Crippen molar-refractivity contribution in [3.63, 3.8) is 0 Å². The summed E-state index contributed by atoms with van der Waals surface area (Å²) in [5.41, 5.74) is 5.90. The van der Waals surface area contributed by atoms with Gasteiger partial charge in [0.25, 0.3) is 0 Å². The number of benzene rings is 1. The van der Waals surface area contributed by atoms with Gasteiger partial charge in [0.15, 0.2) is 5.60 Å². The molecule has 0 aromatic heterocycles. The standard InChI is InChI=1S/C30H35N5O4/c1-3-30(38)25-12-27-22-4-7-33-26-11-18(13-31)28(36)24(16-34-8-5-21(32-2)6-9-34)23(26)10-19(22)14-35(27)15-20(25)17-39-29(30)37/h4,10-12,21,32-33,36,38H,3,5-9,14-17H2,1-2H3/t30-/m0/s1. The number of hydrogen-bond donors (Lipinski definition) is 4. The summed E-state index contributed by atoms with van der Waals surface area (Å²) in [5, 5.41) is 39.0. The fourth-order valence-electron chi connectivity index (χ4n) is 6.53. The molecule has 9 nitrogen and oxygen atoms in total. The van der Waals surface area contributed by atoms with Gasteiger partial charge in [0, 0.05) is 65.9 Å². The minimum absolute atomic E-state index is 0.0486. The molecule has 2 fully saturated rings. The van der Waals surface area contributed by atoms with E-state index in [1.165, 1.54) is 0 Å². The van der Waals surface area contributed by atoms with E-state index in [-0.39, 0.29) is 24.3 Å². The summed E-state index contributed by atoms with van der Waals surface area (Å²) < 4.78 is 5.34. The van der Waals surface area contributed by atoms with Gasteiger partial charge in [-0.25, -0.2) is 4.79 Å². The number of ether oxygens (including phenoxy) is 1. The summed E-state index contributed by atoms with van der Waals surface area (Å²) in [6, 6.07) is 4.41. The number of phenols is 1. The molecule has 2 saturated heterocycles. The zero-order valence-electron chi connectivity index (χ0n) is 22.5. The fraction of sp³-hybridized carbons (Fsp3) is 0.467. The Labute approximate surface area is 228 Å². The van der Waals surface area contributed by atoms with Gasteiger partial charge in [-0.1, -0.05) is 13.0 Å². The van der Waals surface area contributed by atoms with Crippen LogP contribution in [0, 0.1) is 11.3 Å². The highest BCUT2D eigenvalue weighted by molar-refractivity contribution is 5.87. The van der Waals surface area contributed by atoms with Crippen molar-refractivity contribution >= 4 is 17.7 Å². The van der Waals surface area contributed by atoms with Crippen molar-refractivity contribution in [3.05, 3.63) is 62.9 Å². The number of nitriles is 1. The first-order valence-electron chi connectivity index (χ1n) is 13.8. The maximum atomic E-state index is 12.5. The number of likely N-dealkylation sites (tertiary alicyclic amines) is 1. The van der Waals surface area contributed by atoms with E-state index in [4.69, 9.17) is 4.74 Å². The Hall–Kier alpha value is -3.58. The summed E-state index contributed by atoms with van der Waals surface area (Å²) in [4.78, 5) is 17.1. The Kier molecular flexibility index (Phi) is 6.50. The van der Waals surface area contributed by atoms with Gasteiger partial charge in [-0.05, 0) is 68.8 Å². The van der Waals surface area contributed by atoms with E-state index in [1.807, 2.05) is 13.1 Å². The Morgan fingerprint density at radius 3 is 2.79 bits per heavy atom. The van der Waals surface area contributed by atoms with E-state index < -0.39 is 11.6 Å². The van der Waals surface area contributed by atoms with Crippen LogP contribution >= 0.6 is 0 Å². The van der Waals surface area contributed by atoms with Crippen molar-refractivity contribution < 1.29 is 19.7 Å². The molecule has 5 aliphatic rings. The lowest BCUT2D eigenvalue weighted by Gasteiger charge is -2.38. The Morgan fingerprint density at radius 1 is 1.28 bits per heavy atom. The predicted molar refractivity (Wildman–Crippen MR) is 148 cm³/mol. The van der Waals surface area contributed by atoms with Crippen molar-refractivity contribution in [2.45, 2.75) is 44.4 Å². The molecule has 0 unspecified atom stereocenters. The number of aromatic hydroxyl groups is 1. The summed E-state index contributed by atoms with van der Waals surface area (Å²) in [7, 11) is 2.00. The molecule has 5 heterocycles. The van der Waals surface area contributed by atoms with Crippen molar-refractivity contribution in [1.29, 1.82) is 5.26 Å². The first-order chi connectivity index (χ1) is 18.9. The second-order valence-electron chi connectivity index (χ2n) is 11.0. The van der Waals surface area contributed by atoms with Gasteiger partial charge in [0.1, 0.15) is 18.4 Å². The van der Waals surface area contributed by atoms with E-state index in [9.17, 15) is 20.3 Å². The number of carbonyl (C=O) groups excluding carboxylic acids is 1. The maximum absolute atomic E-state index is 12.5. The molecule has 0 radical (unpaired) electrons. The molecule has 6 rings (SSSR count). The molecule has 0 spiro atoms. The summed E-state index contributed by atoms with van der Waals surface area (Å²) in [5.74, 6) is -0.537. The van der Waals surface area contributed by atoms with Gasteiger partial charge < -0.3 is 30.5 Å². The number of piperidine rings is 1. The number of cyclic esters (lactones) is 1. The molecule has 204 valence electrons. The van der Waals surface area contributed by atoms with E-state index in [1.54, 1.807) is 13.0 Å². The third-order valence-electron chi connectivity index (χ3n) is 8.90. The highest BCUT2D eigenvalue weighted by Crippen LogP contribution is 2.44. The van der Waals surface area contributed by atoms with Crippen LogP contribution in [-0.4, -0.2) is 84.0 Å². The topological polar surface area (TPSA) is 121 Å². The third-order valence-corrected chi connectivity index (χ3v) is 8.90. The molecular formula is C30H35N5O4. The van der Waals surface area contributed by atoms with Crippen LogP contribution in [0.4, 0.5) is 5.69 Å². The minimum Gasteiger partial charge on any atom is -0.506 e. The Morgan fingerprint density at radius 2 is 2.08 bits per heavy atom. The summed E-state index contributed by atoms with van der Waals surface area (Å²) in [6.45, 7) is 6.18. The molecule has 9 heteroatoms. The average molecular weight is 530 g/mol. The Bertz CT molecular complexity index is 1390. The van der Waals surface area contributed by atoms with Gasteiger partial charge in [-0.3, -0.25) is 4.90 Å². The number of anilines is 1. The molecule has 0 aliphatic carbocycles. The van der Waals surface area contributed by atoms with Gasteiger partial charge in [0.05, 0.1) is 5.56 Å². The van der Waals surface area contributed by atoms with Crippen LogP contribution in [0.25, 0.3) is 6.08 Å². The number of phenolic OH excluding ortho intramolecular Hbond substituents is 1. The van der Waals surface area contributed by atoms with E-state index in [0.29, 0.717) is 37.8 Å². The number of rotatable bonds is 4. The van der Waals surface area contributed by atoms with Gasteiger partial charge in [0.2, 0.25) is 0 Å². The van der Waals surface area contributed by atoms with Crippen molar-refractivity contribution in [2.75, 3.05) is 51.7 Å². The first kappa shape index (κ1) is 25.7. The van der Waals surface area contributed by atoms with E-state index in [2.05, 4.69) is 38.7 Å². The zero-order valence-corrected chi connectivity index (χ0v) is 22.5. The molecule has 1 atom stereocenters. The SMILES string of the molecule is CC[C@@]1(O)C(=O)OCC2=C1C=C1C3=CCNc4cc(C#N)c(O)c(CN5CCC(NC)CC5)c4C=C3CN1C2. The van der Waals surface area contributed by atoms with Crippen LogP contribution < -0.4 is 10.6 Å². The number of fused-ring (bicyclic) bond motifs is 4. The fourth-order valence-corrected chi connectivity index (χ4v) is 6.53. The molecule has 0 saturated carbocycles. The van der Waals surface area contributed by atoms with Crippen LogP contribution in [0.15, 0.2) is 46.2 Å². The van der Waals surface area contributed by atoms with Crippen LogP contribution in [0.3, 0.4) is 0 Å². The van der Waals surface area contributed by atoms with Crippen LogP contribution in [0.2, 0.25) is 0 Å². The highest BCUT2D eigenvalue weighted by atomic mass is 16.6. The number of carbonyl (C=O) groups is 1. The van der Waals surface area contributed by atoms with E-state index in [0.717, 1.165) is 65.2 Å². The smallest absolute Gasteiger partial charge is 0.343 e. The van der Waals surface area contributed by atoms with Gasteiger partial charge in [-0.2, -0.15) is 5.26 Å². The number of hydrogen-bond acceptors (Lipinski definition) is 9. The van der Waals surface area contributed by atoms with Crippen LogP contribution in [-0.2, 0) is 16.1 Å². The number of aliphatic hydroxyl groups is 1. The lowest BCUT2D eigenvalue weighted by molar-refractivity contribution is -0.163. The second-order valence-corrected chi connectivity index (χ2v) is 11.0. The second kappa shape index (κ2) is 9.87. The number of nitrogens with zero attached hydrogens (tertiary/aromatic N) is 3.